The third kappa shape index (κ3) is 2.31. The molecule has 0 bridgehead atoms. The summed E-state index contributed by atoms with van der Waals surface area (Å²) in [5, 5.41) is 3.48. The summed E-state index contributed by atoms with van der Waals surface area (Å²) in [6.45, 7) is 5.26. The Kier molecular flexibility index (Phi) is 4.02. The minimum atomic E-state index is 0. The number of rotatable bonds is 1. The monoisotopic (exact) mass is 215 g/mol. The van der Waals surface area contributed by atoms with Crippen LogP contribution in [-0.4, -0.2) is 6.54 Å². The van der Waals surface area contributed by atoms with Crippen LogP contribution in [0.2, 0.25) is 0 Å². The molecule has 1 saturated heterocycles. The zero-order chi connectivity index (χ0) is 9.26. The lowest BCUT2D eigenvalue weighted by Crippen LogP contribution is -2.26. The lowest BCUT2D eigenvalue weighted by atomic mass is 10.0. The molecule has 2 nitrogen and oxygen atoms in total. The Hall–Kier alpha value is -0.470. The van der Waals surface area contributed by atoms with Gasteiger partial charge in [0.2, 0.25) is 0 Å². The van der Waals surface area contributed by atoms with Crippen LogP contribution < -0.4 is 5.32 Å². The van der Waals surface area contributed by atoms with Gasteiger partial charge in [-0.1, -0.05) is 6.42 Å². The molecule has 1 aliphatic rings. The highest BCUT2D eigenvalue weighted by atomic mass is 35.5. The van der Waals surface area contributed by atoms with Crippen LogP contribution in [0.4, 0.5) is 0 Å². The molecule has 80 valence electrons. The van der Waals surface area contributed by atoms with Gasteiger partial charge in [0.1, 0.15) is 11.5 Å². The molecule has 1 fully saturated rings. The fraction of sp³-hybridized carbons (Fsp3) is 0.636. The largest absolute Gasteiger partial charge is 0.464 e. The standard InChI is InChI=1S/C11H17NO.ClH/c1-8-7-11(13-9(8)2)10-5-3-4-6-12-10;/h7,10,12H,3-6H2,1-2H3;1H/t10-;/m1./s1. The first-order valence-electron chi connectivity index (χ1n) is 5.07. The number of halogens is 1. The molecule has 3 heteroatoms. The Morgan fingerprint density at radius 2 is 2.14 bits per heavy atom. The molecule has 0 saturated carbocycles. The van der Waals surface area contributed by atoms with Gasteiger partial charge in [0, 0.05) is 0 Å². The Morgan fingerprint density at radius 3 is 2.64 bits per heavy atom. The summed E-state index contributed by atoms with van der Waals surface area (Å²) in [5.74, 6) is 2.18. The normalized spacial score (nSPS) is 21.7. The molecular formula is C11H18ClNO. The van der Waals surface area contributed by atoms with E-state index >= 15 is 0 Å². The fourth-order valence-electron chi connectivity index (χ4n) is 1.87. The molecule has 1 atom stereocenters. The Bertz CT molecular complexity index is 270. The van der Waals surface area contributed by atoms with E-state index in [0.717, 1.165) is 18.1 Å². The molecule has 2 rings (SSSR count). The molecule has 2 heterocycles. The summed E-state index contributed by atoms with van der Waals surface area (Å²) in [6.07, 6.45) is 3.83. The number of furan rings is 1. The van der Waals surface area contributed by atoms with E-state index in [-0.39, 0.29) is 12.4 Å². The molecule has 14 heavy (non-hydrogen) atoms. The second-order valence-corrected chi connectivity index (χ2v) is 3.89. The summed E-state index contributed by atoms with van der Waals surface area (Å²) in [7, 11) is 0. The number of piperidine rings is 1. The highest BCUT2D eigenvalue weighted by molar-refractivity contribution is 5.85. The highest BCUT2D eigenvalue weighted by Crippen LogP contribution is 2.26. The van der Waals surface area contributed by atoms with Gasteiger partial charge in [0.05, 0.1) is 6.04 Å². The summed E-state index contributed by atoms with van der Waals surface area (Å²) >= 11 is 0. The van der Waals surface area contributed by atoms with Crippen molar-refractivity contribution in [2.75, 3.05) is 6.54 Å². The van der Waals surface area contributed by atoms with Crippen LogP contribution in [0, 0.1) is 13.8 Å². The van der Waals surface area contributed by atoms with Crippen LogP contribution in [0.25, 0.3) is 0 Å². The number of nitrogens with one attached hydrogen (secondary N) is 1. The Balaban J connectivity index is 0.000000980. The maximum absolute atomic E-state index is 5.69. The van der Waals surface area contributed by atoms with E-state index in [1.54, 1.807) is 0 Å². The maximum atomic E-state index is 5.69. The van der Waals surface area contributed by atoms with Crippen molar-refractivity contribution in [1.29, 1.82) is 0 Å². The number of aryl methyl sites for hydroxylation is 2. The van der Waals surface area contributed by atoms with Crippen LogP contribution >= 0.6 is 12.4 Å². The molecule has 1 aromatic heterocycles. The fourth-order valence-corrected chi connectivity index (χ4v) is 1.87. The first-order chi connectivity index (χ1) is 6.27. The Labute approximate surface area is 91.5 Å². The van der Waals surface area contributed by atoms with Gasteiger partial charge in [-0.25, -0.2) is 0 Å². The molecule has 1 aliphatic heterocycles. The van der Waals surface area contributed by atoms with Gasteiger partial charge in [-0.15, -0.1) is 12.4 Å². The average molecular weight is 216 g/mol. The smallest absolute Gasteiger partial charge is 0.121 e. The van der Waals surface area contributed by atoms with Gasteiger partial charge < -0.3 is 9.73 Å². The molecule has 0 aromatic carbocycles. The van der Waals surface area contributed by atoms with E-state index in [2.05, 4.69) is 18.3 Å². The van der Waals surface area contributed by atoms with Crippen LogP contribution in [-0.2, 0) is 0 Å². The summed E-state index contributed by atoms with van der Waals surface area (Å²) in [4.78, 5) is 0. The van der Waals surface area contributed by atoms with Crippen molar-refractivity contribution in [3.8, 4) is 0 Å². The van der Waals surface area contributed by atoms with E-state index in [1.807, 2.05) is 6.92 Å². The predicted octanol–water partition coefficient (Wildman–Crippen LogP) is 3.13. The summed E-state index contributed by atoms with van der Waals surface area (Å²) in [5.41, 5.74) is 1.27. The minimum Gasteiger partial charge on any atom is -0.464 e. The number of hydrogen-bond donors (Lipinski definition) is 1. The lowest BCUT2D eigenvalue weighted by molar-refractivity contribution is 0.343. The predicted molar refractivity (Wildman–Crippen MR) is 60.0 cm³/mol. The van der Waals surface area contributed by atoms with Gasteiger partial charge >= 0.3 is 0 Å². The second kappa shape index (κ2) is 4.85. The van der Waals surface area contributed by atoms with Gasteiger partial charge in [-0.3, -0.25) is 0 Å². The first-order valence-corrected chi connectivity index (χ1v) is 5.07. The molecule has 0 aliphatic carbocycles. The van der Waals surface area contributed by atoms with Crippen LogP contribution in [0.5, 0.6) is 0 Å². The highest BCUT2D eigenvalue weighted by Gasteiger charge is 2.18. The Morgan fingerprint density at radius 1 is 1.36 bits per heavy atom. The lowest BCUT2D eigenvalue weighted by Gasteiger charge is -2.21. The van der Waals surface area contributed by atoms with Gasteiger partial charge in [-0.05, 0) is 44.9 Å². The number of hydrogen-bond acceptors (Lipinski definition) is 2. The van der Waals surface area contributed by atoms with E-state index in [0.29, 0.717) is 6.04 Å². The van der Waals surface area contributed by atoms with Crippen LogP contribution in [0.3, 0.4) is 0 Å². The van der Waals surface area contributed by atoms with Crippen molar-refractivity contribution in [1.82, 2.24) is 5.32 Å². The summed E-state index contributed by atoms with van der Waals surface area (Å²) < 4.78 is 5.69. The van der Waals surface area contributed by atoms with Crippen molar-refractivity contribution in [2.45, 2.75) is 39.2 Å². The van der Waals surface area contributed by atoms with Gasteiger partial charge in [-0.2, -0.15) is 0 Å². The third-order valence-electron chi connectivity index (χ3n) is 2.84. The second-order valence-electron chi connectivity index (χ2n) is 3.89. The van der Waals surface area contributed by atoms with E-state index in [4.69, 9.17) is 4.42 Å². The quantitative estimate of drug-likeness (QED) is 0.779. The zero-order valence-corrected chi connectivity index (χ0v) is 9.62. The average Bonchev–Trinajstić information content (AvgIpc) is 2.49. The minimum absolute atomic E-state index is 0. The molecule has 1 N–H and O–H groups in total. The zero-order valence-electron chi connectivity index (χ0n) is 8.80. The first kappa shape index (κ1) is 11.6. The summed E-state index contributed by atoms with van der Waals surface area (Å²) in [6, 6.07) is 2.62. The third-order valence-corrected chi connectivity index (χ3v) is 2.84. The van der Waals surface area contributed by atoms with E-state index in [9.17, 15) is 0 Å². The maximum Gasteiger partial charge on any atom is 0.121 e. The molecule has 0 spiro atoms. The van der Waals surface area contributed by atoms with Crippen LogP contribution in [0.15, 0.2) is 10.5 Å². The van der Waals surface area contributed by atoms with E-state index in [1.165, 1.54) is 24.8 Å². The SMILES string of the molecule is Cc1cc([C@H]2CCCCN2)oc1C.Cl. The molecule has 0 radical (unpaired) electrons. The van der Waals surface area contributed by atoms with Crippen LogP contribution in [0.1, 0.15) is 42.4 Å². The van der Waals surface area contributed by atoms with Crippen molar-refractivity contribution < 1.29 is 4.42 Å². The topological polar surface area (TPSA) is 25.2 Å². The van der Waals surface area contributed by atoms with Crippen molar-refractivity contribution in [3.05, 3.63) is 23.2 Å². The van der Waals surface area contributed by atoms with E-state index < -0.39 is 0 Å². The van der Waals surface area contributed by atoms with Crippen molar-refractivity contribution >= 4 is 12.4 Å². The van der Waals surface area contributed by atoms with Gasteiger partial charge in [0.15, 0.2) is 0 Å². The molecule has 1 aromatic rings. The molecule has 0 unspecified atom stereocenters. The van der Waals surface area contributed by atoms with Crippen molar-refractivity contribution in [2.24, 2.45) is 0 Å². The van der Waals surface area contributed by atoms with Gasteiger partial charge in [0.25, 0.3) is 0 Å². The van der Waals surface area contributed by atoms with Crippen molar-refractivity contribution in [3.63, 3.8) is 0 Å². The molecular weight excluding hydrogens is 198 g/mol. The molecule has 0 amide bonds.